The van der Waals surface area contributed by atoms with Crippen LogP contribution in [0.2, 0.25) is 0 Å². The minimum atomic E-state index is -0.118. The summed E-state index contributed by atoms with van der Waals surface area (Å²) in [7, 11) is 0. The Balaban J connectivity index is 1.29. The molecule has 1 aromatic carbocycles. The van der Waals surface area contributed by atoms with Crippen LogP contribution in [0.1, 0.15) is 24.8 Å². The summed E-state index contributed by atoms with van der Waals surface area (Å²) in [6, 6.07) is 14.0. The number of pyridine rings is 1. The number of hydrogen-bond donors (Lipinski definition) is 2. The minimum absolute atomic E-state index is 0.0309. The van der Waals surface area contributed by atoms with Gasteiger partial charge in [-0.05, 0) is 56.0 Å². The third-order valence-corrected chi connectivity index (χ3v) is 5.46. The zero-order valence-electron chi connectivity index (χ0n) is 15.6. The first-order valence-electron chi connectivity index (χ1n) is 9.56. The van der Waals surface area contributed by atoms with Crippen molar-refractivity contribution in [2.24, 2.45) is 0 Å². The van der Waals surface area contributed by atoms with Crippen molar-refractivity contribution in [3.8, 4) is 0 Å². The standard InChI is InChI=1S/C21H26N4O2/c1-16-5-4-6-17(13-16)24-20(26)25-11-8-21(9-12-25)14-18(15-27-21)23-19-7-2-3-10-22-19/h2-7,10,13,18H,8-9,11-12,14-15H2,1H3,(H,22,23)(H,24,26)/t18-/m1/s1. The maximum Gasteiger partial charge on any atom is 0.321 e. The average Bonchev–Trinajstić information content (AvgIpc) is 3.05. The molecule has 0 aliphatic carbocycles. The number of urea groups is 1. The summed E-state index contributed by atoms with van der Waals surface area (Å²) in [6.45, 7) is 4.14. The lowest BCUT2D eigenvalue weighted by Crippen LogP contribution is -2.48. The highest BCUT2D eigenvalue weighted by Gasteiger charge is 2.43. The van der Waals surface area contributed by atoms with Crippen LogP contribution >= 0.6 is 0 Å². The molecule has 2 fully saturated rings. The Morgan fingerprint density at radius 2 is 2.07 bits per heavy atom. The number of aromatic nitrogens is 1. The Kier molecular flexibility index (Phi) is 4.99. The molecular formula is C21H26N4O2. The van der Waals surface area contributed by atoms with E-state index in [0.29, 0.717) is 19.7 Å². The predicted octanol–water partition coefficient (Wildman–Crippen LogP) is 3.66. The number of carbonyl (C=O) groups excluding carboxylic acids is 1. The van der Waals surface area contributed by atoms with Crippen molar-refractivity contribution >= 4 is 17.5 Å². The van der Waals surface area contributed by atoms with Crippen molar-refractivity contribution in [2.45, 2.75) is 37.8 Å². The van der Waals surface area contributed by atoms with Crippen molar-refractivity contribution < 1.29 is 9.53 Å². The summed E-state index contributed by atoms with van der Waals surface area (Å²) < 4.78 is 6.18. The van der Waals surface area contributed by atoms with Crippen LogP contribution in [0.5, 0.6) is 0 Å². The summed E-state index contributed by atoms with van der Waals surface area (Å²) in [5.41, 5.74) is 1.86. The number of amides is 2. The molecule has 0 unspecified atom stereocenters. The van der Waals surface area contributed by atoms with E-state index in [1.807, 2.05) is 54.3 Å². The lowest BCUT2D eigenvalue weighted by Gasteiger charge is -2.38. The third-order valence-electron chi connectivity index (χ3n) is 5.46. The molecule has 2 aromatic rings. The second kappa shape index (κ2) is 7.56. The molecule has 6 nitrogen and oxygen atoms in total. The highest BCUT2D eigenvalue weighted by atomic mass is 16.5. The number of rotatable bonds is 3. The maximum atomic E-state index is 12.5. The molecule has 2 N–H and O–H groups in total. The topological polar surface area (TPSA) is 66.5 Å². The quantitative estimate of drug-likeness (QED) is 0.870. The fraction of sp³-hybridized carbons (Fsp3) is 0.429. The van der Waals surface area contributed by atoms with Gasteiger partial charge in [-0.25, -0.2) is 9.78 Å². The summed E-state index contributed by atoms with van der Waals surface area (Å²) >= 11 is 0. The largest absolute Gasteiger partial charge is 0.373 e. The number of nitrogens with one attached hydrogen (secondary N) is 2. The van der Waals surface area contributed by atoms with Crippen molar-refractivity contribution in [3.63, 3.8) is 0 Å². The molecule has 1 aromatic heterocycles. The van der Waals surface area contributed by atoms with Gasteiger partial charge in [0.1, 0.15) is 5.82 Å². The van der Waals surface area contributed by atoms with E-state index in [-0.39, 0.29) is 17.7 Å². The van der Waals surface area contributed by atoms with E-state index in [4.69, 9.17) is 4.74 Å². The Morgan fingerprint density at radius 1 is 1.22 bits per heavy atom. The van der Waals surface area contributed by atoms with Crippen LogP contribution in [0.15, 0.2) is 48.7 Å². The van der Waals surface area contributed by atoms with E-state index in [1.165, 1.54) is 0 Å². The van der Waals surface area contributed by atoms with E-state index in [1.54, 1.807) is 6.20 Å². The monoisotopic (exact) mass is 366 g/mol. The van der Waals surface area contributed by atoms with Gasteiger partial charge in [0.05, 0.1) is 18.2 Å². The highest BCUT2D eigenvalue weighted by molar-refractivity contribution is 5.89. The van der Waals surface area contributed by atoms with Gasteiger partial charge in [-0.1, -0.05) is 18.2 Å². The van der Waals surface area contributed by atoms with Gasteiger partial charge in [0, 0.05) is 25.0 Å². The SMILES string of the molecule is Cc1cccc(NC(=O)N2CCC3(CC2)C[C@@H](Nc2ccccn2)CO3)c1. The Bertz CT molecular complexity index is 788. The van der Waals surface area contributed by atoms with Gasteiger partial charge in [-0.3, -0.25) is 0 Å². The zero-order chi connectivity index (χ0) is 18.7. The van der Waals surface area contributed by atoms with Crippen molar-refractivity contribution in [1.29, 1.82) is 0 Å². The number of carbonyl (C=O) groups is 1. The molecule has 0 saturated carbocycles. The molecular weight excluding hydrogens is 340 g/mol. The van der Waals surface area contributed by atoms with E-state index < -0.39 is 0 Å². The van der Waals surface area contributed by atoms with Gasteiger partial charge in [0.25, 0.3) is 0 Å². The summed E-state index contributed by atoms with van der Waals surface area (Å²) in [5.74, 6) is 0.887. The fourth-order valence-corrected chi connectivity index (χ4v) is 3.99. The maximum absolute atomic E-state index is 12.5. The number of likely N-dealkylation sites (tertiary alicyclic amines) is 1. The van der Waals surface area contributed by atoms with Crippen LogP contribution in [-0.2, 0) is 4.74 Å². The highest BCUT2D eigenvalue weighted by Crippen LogP contribution is 2.36. The zero-order valence-corrected chi connectivity index (χ0v) is 15.6. The summed E-state index contributed by atoms with van der Waals surface area (Å²) in [5, 5.41) is 6.45. The van der Waals surface area contributed by atoms with Gasteiger partial charge in [0.2, 0.25) is 0 Å². The van der Waals surface area contributed by atoms with Crippen molar-refractivity contribution in [1.82, 2.24) is 9.88 Å². The Morgan fingerprint density at radius 3 is 2.81 bits per heavy atom. The number of aryl methyl sites for hydroxylation is 1. The molecule has 142 valence electrons. The van der Waals surface area contributed by atoms with Gasteiger partial charge in [0.15, 0.2) is 0 Å². The second-order valence-electron chi connectivity index (χ2n) is 7.54. The fourth-order valence-electron chi connectivity index (χ4n) is 3.99. The first-order chi connectivity index (χ1) is 13.1. The van der Waals surface area contributed by atoms with Gasteiger partial charge in [-0.2, -0.15) is 0 Å². The smallest absolute Gasteiger partial charge is 0.321 e. The van der Waals surface area contributed by atoms with Crippen LogP contribution in [0.4, 0.5) is 16.3 Å². The molecule has 2 amide bonds. The summed E-state index contributed by atoms with van der Waals surface area (Å²) in [6.07, 6.45) is 4.49. The Hall–Kier alpha value is -2.60. The normalized spacial score (nSPS) is 21.2. The minimum Gasteiger partial charge on any atom is -0.373 e. The molecule has 3 heterocycles. The lowest BCUT2D eigenvalue weighted by molar-refractivity contribution is -0.0354. The van der Waals surface area contributed by atoms with Crippen LogP contribution in [0, 0.1) is 6.92 Å². The van der Waals surface area contributed by atoms with Gasteiger partial charge >= 0.3 is 6.03 Å². The molecule has 4 rings (SSSR count). The molecule has 2 aliphatic rings. The molecule has 0 bridgehead atoms. The van der Waals surface area contributed by atoms with Crippen LogP contribution in [-0.4, -0.2) is 47.3 Å². The molecule has 1 spiro atoms. The van der Waals surface area contributed by atoms with Crippen LogP contribution in [0.3, 0.4) is 0 Å². The first kappa shape index (κ1) is 17.8. The van der Waals surface area contributed by atoms with E-state index in [9.17, 15) is 4.79 Å². The average molecular weight is 366 g/mol. The first-order valence-corrected chi connectivity index (χ1v) is 9.56. The van der Waals surface area contributed by atoms with Crippen molar-refractivity contribution in [3.05, 3.63) is 54.2 Å². The van der Waals surface area contributed by atoms with Gasteiger partial charge in [-0.15, -0.1) is 0 Å². The Labute approximate surface area is 159 Å². The number of nitrogens with zero attached hydrogens (tertiary/aromatic N) is 2. The van der Waals surface area contributed by atoms with Crippen molar-refractivity contribution in [2.75, 3.05) is 30.3 Å². The molecule has 1 atom stereocenters. The predicted molar refractivity (Wildman–Crippen MR) is 106 cm³/mol. The molecule has 27 heavy (non-hydrogen) atoms. The summed E-state index contributed by atoms with van der Waals surface area (Å²) in [4.78, 5) is 18.8. The number of benzene rings is 1. The molecule has 2 saturated heterocycles. The molecule has 2 aliphatic heterocycles. The second-order valence-corrected chi connectivity index (χ2v) is 7.54. The molecule has 0 radical (unpaired) electrons. The van der Waals surface area contributed by atoms with Crippen LogP contribution < -0.4 is 10.6 Å². The number of hydrogen-bond acceptors (Lipinski definition) is 4. The van der Waals surface area contributed by atoms with Gasteiger partial charge < -0.3 is 20.3 Å². The third kappa shape index (κ3) is 4.22. The lowest BCUT2D eigenvalue weighted by atomic mass is 9.87. The van der Waals surface area contributed by atoms with E-state index in [0.717, 1.165) is 36.3 Å². The number of anilines is 2. The van der Waals surface area contributed by atoms with E-state index >= 15 is 0 Å². The van der Waals surface area contributed by atoms with Crippen LogP contribution in [0.25, 0.3) is 0 Å². The van der Waals surface area contributed by atoms with E-state index in [2.05, 4.69) is 15.6 Å². The number of piperidine rings is 1. The molecule has 6 heteroatoms. The number of ether oxygens (including phenoxy) is 1.